The Hall–Kier alpha value is -5.02. The zero-order chi connectivity index (χ0) is 26.1. The number of methoxy groups -OCH3 is 2. The number of ether oxygens (including phenoxy) is 2. The lowest BCUT2D eigenvalue weighted by Crippen LogP contribution is -1.93. The van der Waals surface area contributed by atoms with Crippen molar-refractivity contribution in [2.75, 3.05) is 14.2 Å². The van der Waals surface area contributed by atoms with Crippen LogP contribution in [-0.2, 0) is 0 Å². The molecule has 0 bridgehead atoms. The quantitative estimate of drug-likeness (QED) is 0.224. The third-order valence-corrected chi connectivity index (χ3v) is 8.12. The summed E-state index contributed by atoms with van der Waals surface area (Å²) in [5.74, 6) is 1.72. The Bertz CT molecular complexity index is 2100. The summed E-state index contributed by atoms with van der Waals surface area (Å²) in [6, 6.07) is 41.3. The van der Waals surface area contributed by atoms with Crippen molar-refractivity contribution < 1.29 is 9.47 Å². The Balaban J connectivity index is 1.72. The molecule has 0 aliphatic rings. The summed E-state index contributed by atoms with van der Waals surface area (Å²) < 4.78 is 13.8. The number of aromatic nitrogens is 1. The summed E-state index contributed by atoms with van der Waals surface area (Å²) in [7, 11) is 3.46. The molecular weight excluding hydrogens is 478 g/mol. The lowest BCUT2D eigenvalue weighted by molar-refractivity contribution is 0.415. The van der Waals surface area contributed by atoms with Crippen molar-refractivity contribution in [2.24, 2.45) is 0 Å². The molecule has 0 fully saturated rings. The van der Waals surface area contributed by atoms with E-state index in [4.69, 9.17) is 9.47 Å². The van der Waals surface area contributed by atoms with Crippen LogP contribution in [0.25, 0.3) is 70.6 Å². The van der Waals surface area contributed by atoms with Crippen molar-refractivity contribution in [3.8, 4) is 17.2 Å². The Morgan fingerprint density at radius 1 is 0.436 bits per heavy atom. The van der Waals surface area contributed by atoms with Gasteiger partial charge >= 0.3 is 0 Å². The summed E-state index contributed by atoms with van der Waals surface area (Å²) in [5, 5.41) is 12.2. The van der Waals surface area contributed by atoms with Gasteiger partial charge in [-0.15, -0.1) is 0 Å². The van der Waals surface area contributed by atoms with Crippen LogP contribution in [0.4, 0.5) is 0 Å². The van der Waals surface area contributed by atoms with Gasteiger partial charge in [0.25, 0.3) is 0 Å². The van der Waals surface area contributed by atoms with Crippen molar-refractivity contribution in [2.45, 2.75) is 0 Å². The molecule has 0 radical (unpaired) electrons. The molecule has 1 heterocycles. The topological polar surface area (TPSA) is 23.4 Å². The lowest BCUT2D eigenvalue weighted by atomic mass is 9.93. The standard InChI is InChI=1S/C36H25NO2/c1-38-27-16-12-22-8-10-24-14-18-31-35(33(24)29(22)20-27)36-32(37(31)26-6-4-3-5-7-26)19-15-25-11-9-23-13-17-28(39-2)21-30(23)34(25)36/h3-21H,1-2H3. The zero-order valence-electron chi connectivity index (χ0n) is 21.7. The highest BCUT2D eigenvalue weighted by atomic mass is 16.5. The molecule has 0 aliphatic carbocycles. The van der Waals surface area contributed by atoms with Crippen LogP contribution in [-0.4, -0.2) is 18.8 Å². The molecule has 3 heteroatoms. The molecule has 0 amide bonds. The van der Waals surface area contributed by atoms with Gasteiger partial charge in [-0.05, 0) is 91.6 Å². The molecule has 3 nitrogen and oxygen atoms in total. The minimum absolute atomic E-state index is 0.860. The molecule has 0 N–H and O–H groups in total. The maximum absolute atomic E-state index is 5.68. The first-order valence-electron chi connectivity index (χ1n) is 13.2. The van der Waals surface area contributed by atoms with Crippen LogP contribution in [0.3, 0.4) is 0 Å². The first-order chi connectivity index (χ1) is 19.2. The van der Waals surface area contributed by atoms with E-state index in [2.05, 4.69) is 108 Å². The minimum Gasteiger partial charge on any atom is -0.497 e. The Labute approximate surface area is 225 Å². The van der Waals surface area contributed by atoms with Gasteiger partial charge in [-0.1, -0.05) is 66.7 Å². The van der Waals surface area contributed by atoms with Crippen molar-refractivity contribution in [1.82, 2.24) is 4.57 Å². The van der Waals surface area contributed by atoms with E-state index in [1.54, 1.807) is 14.2 Å². The fourth-order valence-corrected chi connectivity index (χ4v) is 6.35. The summed E-state index contributed by atoms with van der Waals surface area (Å²) in [6.07, 6.45) is 0. The molecule has 0 aliphatic heterocycles. The largest absolute Gasteiger partial charge is 0.497 e. The van der Waals surface area contributed by atoms with E-state index >= 15 is 0 Å². The van der Waals surface area contributed by atoms with Gasteiger partial charge in [0.15, 0.2) is 0 Å². The minimum atomic E-state index is 0.860. The molecule has 0 atom stereocenters. The number of benzene rings is 7. The zero-order valence-corrected chi connectivity index (χ0v) is 21.7. The smallest absolute Gasteiger partial charge is 0.119 e. The fourth-order valence-electron chi connectivity index (χ4n) is 6.35. The van der Waals surface area contributed by atoms with Crippen LogP contribution < -0.4 is 9.47 Å². The molecule has 186 valence electrons. The van der Waals surface area contributed by atoms with E-state index in [0.717, 1.165) is 17.2 Å². The van der Waals surface area contributed by atoms with Crippen molar-refractivity contribution in [3.63, 3.8) is 0 Å². The Kier molecular flexibility index (Phi) is 4.65. The number of fused-ring (bicyclic) bond motifs is 11. The van der Waals surface area contributed by atoms with Crippen molar-refractivity contribution >= 4 is 64.9 Å². The molecule has 0 spiro atoms. The molecular formula is C36H25NO2. The third-order valence-electron chi connectivity index (χ3n) is 8.12. The first-order valence-corrected chi connectivity index (χ1v) is 13.2. The van der Waals surface area contributed by atoms with Gasteiger partial charge in [0.2, 0.25) is 0 Å². The summed E-state index contributed by atoms with van der Waals surface area (Å²) in [6.45, 7) is 0. The van der Waals surface area contributed by atoms with E-state index in [9.17, 15) is 0 Å². The maximum atomic E-state index is 5.68. The highest BCUT2D eigenvalue weighted by Crippen LogP contribution is 2.45. The van der Waals surface area contributed by atoms with Gasteiger partial charge in [0, 0.05) is 16.5 Å². The molecule has 0 saturated heterocycles. The number of para-hydroxylation sites is 1. The van der Waals surface area contributed by atoms with Crippen molar-refractivity contribution in [3.05, 3.63) is 115 Å². The Morgan fingerprint density at radius 2 is 0.872 bits per heavy atom. The fraction of sp³-hybridized carbons (Fsp3) is 0.0556. The number of nitrogens with zero attached hydrogens (tertiary/aromatic N) is 1. The molecule has 0 unspecified atom stereocenters. The average molecular weight is 504 g/mol. The SMILES string of the molecule is COc1ccc2ccc3ccc4c(c3c2c1)c1c2c(ccc3ccc(OC)cc32)ccc1n4-c1ccccc1. The van der Waals surface area contributed by atoms with E-state index in [0.29, 0.717) is 0 Å². The van der Waals surface area contributed by atoms with Crippen LogP contribution in [0.15, 0.2) is 115 Å². The second kappa shape index (κ2) is 8.24. The second-order valence-corrected chi connectivity index (χ2v) is 10.1. The van der Waals surface area contributed by atoms with Crippen LogP contribution in [0.5, 0.6) is 11.5 Å². The predicted octanol–water partition coefficient (Wildman–Crippen LogP) is 9.41. The Morgan fingerprint density at radius 3 is 1.36 bits per heavy atom. The predicted molar refractivity (Wildman–Crippen MR) is 164 cm³/mol. The number of hydrogen-bond acceptors (Lipinski definition) is 2. The van der Waals surface area contributed by atoms with Crippen LogP contribution in [0, 0.1) is 0 Å². The van der Waals surface area contributed by atoms with E-state index in [1.807, 2.05) is 12.1 Å². The third kappa shape index (κ3) is 3.10. The van der Waals surface area contributed by atoms with Gasteiger partial charge in [-0.3, -0.25) is 0 Å². The first kappa shape index (κ1) is 22.0. The van der Waals surface area contributed by atoms with E-state index in [1.165, 1.54) is 64.9 Å². The summed E-state index contributed by atoms with van der Waals surface area (Å²) in [5.41, 5.74) is 3.52. The number of rotatable bonds is 3. The van der Waals surface area contributed by atoms with Gasteiger partial charge in [-0.2, -0.15) is 0 Å². The average Bonchev–Trinajstić information content (AvgIpc) is 3.35. The van der Waals surface area contributed by atoms with Crippen LogP contribution in [0.2, 0.25) is 0 Å². The van der Waals surface area contributed by atoms with Gasteiger partial charge in [-0.25, -0.2) is 0 Å². The highest BCUT2D eigenvalue weighted by molar-refractivity contribution is 6.36. The maximum Gasteiger partial charge on any atom is 0.119 e. The number of hydrogen-bond donors (Lipinski definition) is 0. The molecule has 1 aromatic heterocycles. The van der Waals surface area contributed by atoms with Crippen LogP contribution in [0.1, 0.15) is 0 Å². The molecule has 7 aromatic carbocycles. The second-order valence-electron chi connectivity index (χ2n) is 10.1. The molecule has 39 heavy (non-hydrogen) atoms. The monoisotopic (exact) mass is 503 g/mol. The van der Waals surface area contributed by atoms with Gasteiger partial charge in [0.05, 0.1) is 25.3 Å². The van der Waals surface area contributed by atoms with Crippen molar-refractivity contribution in [1.29, 1.82) is 0 Å². The molecule has 0 saturated carbocycles. The highest BCUT2D eigenvalue weighted by Gasteiger charge is 2.20. The van der Waals surface area contributed by atoms with Crippen LogP contribution >= 0.6 is 0 Å². The molecule has 8 rings (SSSR count). The summed E-state index contributed by atoms with van der Waals surface area (Å²) in [4.78, 5) is 0. The van der Waals surface area contributed by atoms with Gasteiger partial charge in [0.1, 0.15) is 11.5 Å². The van der Waals surface area contributed by atoms with E-state index in [-0.39, 0.29) is 0 Å². The summed E-state index contributed by atoms with van der Waals surface area (Å²) >= 11 is 0. The molecule has 8 aromatic rings. The lowest BCUT2D eigenvalue weighted by Gasteiger charge is -2.10. The van der Waals surface area contributed by atoms with E-state index < -0.39 is 0 Å². The normalized spacial score (nSPS) is 11.8. The van der Waals surface area contributed by atoms with Gasteiger partial charge < -0.3 is 14.0 Å².